The predicted octanol–water partition coefficient (Wildman–Crippen LogP) is 1.52. The van der Waals surface area contributed by atoms with Gasteiger partial charge >= 0.3 is 0 Å². The van der Waals surface area contributed by atoms with E-state index in [0.717, 1.165) is 25.6 Å². The summed E-state index contributed by atoms with van der Waals surface area (Å²) in [6.45, 7) is 2.97. The number of nitrogens with zero attached hydrogens (tertiary/aromatic N) is 1. The van der Waals surface area contributed by atoms with Crippen LogP contribution in [0.1, 0.15) is 36.2 Å². The van der Waals surface area contributed by atoms with Gasteiger partial charge in [0.25, 0.3) is 0 Å². The van der Waals surface area contributed by atoms with E-state index in [9.17, 15) is 13.2 Å². The highest BCUT2D eigenvalue weighted by Crippen LogP contribution is 2.35. The lowest BCUT2D eigenvalue weighted by Crippen LogP contribution is -2.40. The van der Waals surface area contributed by atoms with E-state index in [1.807, 2.05) is 4.90 Å². The number of amides is 1. The van der Waals surface area contributed by atoms with Gasteiger partial charge in [0.05, 0.1) is 12.3 Å². The van der Waals surface area contributed by atoms with Crippen LogP contribution in [-0.4, -0.2) is 38.6 Å². The maximum atomic E-state index is 12.3. The fraction of sp³-hybridized carbons (Fsp3) is 0.615. The summed E-state index contributed by atoms with van der Waals surface area (Å²) in [5.41, 5.74) is 1.26. The summed E-state index contributed by atoms with van der Waals surface area (Å²) >= 11 is 1.75. The molecule has 0 saturated carbocycles. The molecule has 1 aromatic heterocycles. The van der Waals surface area contributed by atoms with Crippen molar-refractivity contribution in [2.75, 3.05) is 19.3 Å². The quantitative estimate of drug-likeness (QED) is 0.896. The van der Waals surface area contributed by atoms with Crippen LogP contribution in [0, 0.1) is 0 Å². The van der Waals surface area contributed by atoms with E-state index in [1.54, 1.807) is 11.3 Å². The minimum absolute atomic E-state index is 0.0184. The number of nitrogens with one attached hydrogen (secondary N) is 1. The van der Waals surface area contributed by atoms with E-state index in [0.29, 0.717) is 0 Å². The van der Waals surface area contributed by atoms with Gasteiger partial charge in [-0.15, -0.1) is 11.3 Å². The highest BCUT2D eigenvalue weighted by molar-refractivity contribution is 7.88. The Morgan fingerprint density at radius 3 is 2.95 bits per heavy atom. The van der Waals surface area contributed by atoms with Gasteiger partial charge in [-0.25, -0.2) is 13.1 Å². The molecular formula is C13H20N2O3S2. The van der Waals surface area contributed by atoms with Crippen molar-refractivity contribution in [1.82, 2.24) is 9.62 Å². The lowest BCUT2D eigenvalue weighted by atomic mass is 9.97. The topological polar surface area (TPSA) is 66.5 Å². The first-order valence-electron chi connectivity index (χ1n) is 6.72. The zero-order valence-electron chi connectivity index (χ0n) is 11.8. The second-order valence-corrected chi connectivity index (χ2v) is 7.81. The summed E-state index contributed by atoms with van der Waals surface area (Å²) in [4.78, 5) is 15.5. The number of hydrogen-bond acceptors (Lipinski definition) is 4. The SMILES string of the molecule is CC[C@@H]1c2ccsc2CCN1C(=O)CCNS(C)(=O)=O. The molecule has 0 fully saturated rings. The highest BCUT2D eigenvalue weighted by Gasteiger charge is 2.29. The van der Waals surface area contributed by atoms with Crippen molar-refractivity contribution in [2.24, 2.45) is 0 Å². The Bertz CT molecular complexity index is 580. The molecule has 112 valence electrons. The van der Waals surface area contributed by atoms with E-state index in [-0.39, 0.29) is 24.9 Å². The van der Waals surface area contributed by atoms with Crippen molar-refractivity contribution in [1.29, 1.82) is 0 Å². The van der Waals surface area contributed by atoms with Gasteiger partial charge in [-0.1, -0.05) is 6.92 Å². The van der Waals surface area contributed by atoms with Crippen molar-refractivity contribution in [2.45, 2.75) is 32.2 Å². The number of fused-ring (bicyclic) bond motifs is 1. The Hall–Kier alpha value is -0.920. The summed E-state index contributed by atoms with van der Waals surface area (Å²) < 4.78 is 24.4. The molecule has 1 aromatic rings. The molecule has 7 heteroatoms. The Labute approximate surface area is 124 Å². The molecule has 1 atom stereocenters. The van der Waals surface area contributed by atoms with Gasteiger partial charge in [-0.3, -0.25) is 4.79 Å². The molecule has 1 aliphatic rings. The standard InChI is InChI=1S/C13H20N2O3S2/c1-3-11-10-6-9-19-12(10)5-8-15(11)13(16)4-7-14-20(2,17)18/h6,9,11,14H,3-5,7-8H2,1-2H3/t11-/m1/s1. The average molecular weight is 316 g/mol. The number of thiophene rings is 1. The molecule has 1 amide bonds. The second-order valence-electron chi connectivity index (χ2n) is 4.98. The minimum atomic E-state index is -3.23. The molecule has 0 unspecified atom stereocenters. The molecule has 0 radical (unpaired) electrons. The Balaban J connectivity index is 2.00. The van der Waals surface area contributed by atoms with Gasteiger partial charge in [0, 0.05) is 24.4 Å². The molecule has 0 saturated heterocycles. The maximum Gasteiger partial charge on any atom is 0.224 e. The molecule has 1 N–H and O–H groups in total. The number of rotatable bonds is 5. The number of carbonyl (C=O) groups is 1. The molecule has 2 heterocycles. The normalized spacial score (nSPS) is 18.9. The van der Waals surface area contributed by atoms with Crippen LogP contribution in [0.4, 0.5) is 0 Å². The Morgan fingerprint density at radius 1 is 1.55 bits per heavy atom. The first kappa shape index (κ1) is 15.5. The van der Waals surface area contributed by atoms with E-state index in [2.05, 4.69) is 23.1 Å². The molecular weight excluding hydrogens is 296 g/mol. The third-order valence-electron chi connectivity index (χ3n) is 3.51. The summed E-state index contributed by atoms with van der Waals surface area (Å²) in [6.07, 6.45) is 3.09. The van der Waals surface area contributed by atoms with Crippen LogP contribution < -0.4 is 4.72 Å². The van der Waals surface area contributed by atoms with Gasteiger partial charge in [-0.05, 0) is 29.9 Å². The average Bonchev–Trinajstić information content (AvgIpc) is 2.83. The van der Waals surface area contributed by atoms with Crippen LogP contribution in [0.2, 0.25) is 0 Å². The number of carbonyl (C=O) groups excluding carboxylic acids is 1. The molecule has 5 nitrogen and oxygen atoms in total. The van der Waals surface area contributed by atoms with Gasteiger partial charge in [0.15, 0.2) is 0 Å². The fourth-order valence-electron chi connectivity index (χ4n) is 2.62. The van der Waals surface area contributed by atoms with E-state index >= 15 is 0 Å². The van der Waals surface area contributed by atoms with Crippen LogP contribution in [0.15, 0.2) is 11.4 Å². The van der Waals surface area contributed by atoms with Crippen molar-refractivity contribution in [3.05, 3.63) is 21.9 Å². The second kappa shape index (κ2) is 6.24. The largest absolute Gasteiger partial charge is 0.335 e. The monoisotopic (exact) mass is 316 g/mol. The van der Waals surface area contributed by atoms with Crippen molar-refractivity contribution in [3.63, 3.8) is 0 Å². The van der Waals surface area contributed by atoms with Crippen LogP contribution in [0.5, 0.6) is 0 Å². The minimum Gasteiger partial charge on any atom is -0.335 e. The summed E-state index contributed by atoms with van der Waals surface area (Å²) in [6, 6.07) is 2.23. The van der Waals surface area contributed by atoms with Crippen molar-refractivity contribution >= 4 is 27.3 Å². The van der Waals surface area contributed by atoms with Crippen LogP contribution in [0.3, 0.4) is 0 Å². The third kappa shape index (κ3) is 3.59. The first-order chi connectivity index (χ1) is 9.42. The van der Waals surface area contributed by atoms with E-state index in [1.165, 1.54) is 10.4 Å². The van der Waals surface area contributed by atoms with E-state index in [4.69, 9.17) is 0 Å². The lowest BCUT2D eigenvalue weighted by Gasteiger charge is -2.35. The first-order valence-corrected chi connectivity index (χ1v) is 9.50. The van der Waals surface area contributed by atoms with Crippen LogP contribution in [0.25, 0.3) is 0 Å². The molecule has 2 rings (SSSR count). The molecule has 0 aliphatic carbocycles. The number of sulfonamides is 1. The van der Waals surface area contributed by atoms with Gasteiger partial charge < -0.3 is 4.90 Å². The van der Waals surface area contributed by atoms with E-state index < -0.39 is 10.0 Å². The molecule has 20 heavy (non-hydrogen) atoms. The molecule has 0 spiro atoms. The zero-order valence-corrected chi connectivity index (χ0v) is 13.4. The van der Waals surface area contributed by atoms with Gasteiger partial charge in [0.1, 0.15) is 0 Å². The Kier molecular flexibility index (Phi) is 4.82. The zero-order chi connectivity index (χ0) is 14.8. The van der Waals surface area contributed by atoms with Gasteiger partial charge in [-0.2, -0.15) is 0 Å². The molecule has 0 bridgehead atoms. The van der Waals surface area contributed by atoms with Crippen LogP contribution >= 0.6 is 11.3 Å². The number of hydrogen-bond donors (Lipinski definition) is 1. The fourth-order valence-corrected chi connectivity index (χ4v) is 4.02. The highest BCUT2D eigenvalue weighted by atomic mass is 32.2. The maximum absolute atomic E-state index is 12.3. The van der Waals surface area contributed by atoms with Crippen molar-refractivity contribution in [3.8, 4) is 0 Å². The summed E-state index contributed by atoms with van der Waals surface area (Å²) in [7, 11) is -3.23. The molecule has 1 aliphatic heterocycles. The summed E-state index contributed by atoms with van der Waals surface area (Å²) in [5, 5.41) is 2.08. The Morgan fingerprint density at radius 2 is 2.30 bits per heavy atom. The van der Waals surface area contributed by atoms with Crippen molar-refractivity contribution < 1.29 is 13.2 Å². The third-order valence-corrected chi connectivity index (χ3v) is 5.23. The van der Waals surface area contributed by atoms with Gasteiger partial charge in [0.2, 0.25) is 15.9 Å². The predicted molar refractivity (Wildman–Crippen MR) is 80.2 cm³/mol. The lowest BCUT2D eigenvalue weighted by molar-refractivity contribution is -0.134. The smallest absolute Gasteiger partial charge is 0.224 e. The molecule has 0 aromatic carbocycles. The summed E-state index contributed by atoms with van der Waals surface area (Å²) in [5.74, 6) is 0.0184. The van der Waals surface area contributed by atoms with Crippen LogP contribution in [-0.2, 0) is 21.2 Å².